The van der Waals surface area contributed by atoms with Crippen LogP contribution in [0.4, 0.5) is 0 Å². The summed E-state index contributed by atoms with van der Waals surface area (Å²) in [6, 6.07) is 5.12. The third kappa shape index (κ3) is 2.29. The van der Waals surface area contributed by atoms with Crippen molar-refractivity contribution >= 4 is 17.9 Å². The van der Waals surface area contributed by atoms with E-state index in [1.807, 2.05) is 13.8 Å². The lowest BCUT2D eigenvalue weighted by atomic mass is 10.2. The van der Waals surface area contributed by atoms with Crippen LogP contribution < -0.4 is 0 Å². The number of carbonyl (C=O) groups is 1. The van der Waals surface area contributed by atoms with Crippen LogP contribution in [0.3, 0.4) is 0 Å². The zero-order valence-electron chi connectivity index (χ0n) is 10.4. The predicted molar refractivity (Wildman–Crippen MR) is 70.5 cm³/mol. The first-order chi connectivity index (χ1) is 8.69. The number of aldehydes is 1. The minimum absolute atomic E-state index is 0.557. The van der Waals surface area contributed by atoms with Crippen LogP contribution in [0.25, 0.3) is 5.69 Å². The van der Waals surface area contributed by atoms with E-state index in [0.717, 1.165) is 30.8 Å². The quantitative estimate of drug-likeness (QED) is 0.797. The normalized spacial score (nSPS) is 10.6. The fraction of sp³-hybridized carbons (Fsp3) is 0.308. The Labute approximate surface area is 111 Å². The van der Waals surface area contributed by atoms with Crippen LogP contribution in [0.5, 0.6) is 0 Å². The average molecular weight is 264 g/mol. The largest absolute Gasteiger partial charge is 0.298 e. The van der Waals surface area contributed by atoms with Gasteiger partial charge in [-0.15, -0.1) is 0 Å². The van der Waals surface area contributed by atoms with Crippen LogP contribution in [-0.4, -0.2) is 21.1 Å². The lowest BCUT2D eigenvalue weighted by molar-refractivity contribution is 0.112. The summed E-state index contributed by atoms with van der Waals surface area (Å²) in [4.78, 5) is 15.5. The van der Waals surface area contributed by atoms with Crippen molar-refractivity contribution in [2.24, 2.45) is 0 Å². The van der Waals surface area contributed by atoms with Gasteiger partial charge in [-0.1, -0.05) is 25.4 Å². The molecule has 2 rings (SSSR count). The molecule has 2 aromatic rings. The van der Waals surface area contributed by atoms with Gasteiger partial charge in [0, 0.05) is 23.4 Å². The van der Waals surface area contributed by atoms with E-state index < -0.39 is 0 Å². The highest BCUT2D eigenvalue weighted by atomic mass is 35.5. The maximum atomic E-state index is 11.1. The number of hydrogen-bond acceptors (Lipinski definition) is 3. The Morgan fingerprint density at radius 3 is 2.72 bits per heavy atom. The van der Waals surface area contributed by atoms with E-state index in [4.69, 9.17) is 11.6 Å². The molecule has 0 radical (unpaired) electrons. The van der Waals surface area contributed by atoms with Gasteiger partial charge in [0.2, 0.25) is 0 Å². The highest BCUT2D eigenvalue weighted by Gasteiger charge is 2.12. The summed E-state index contributed by atoms with van der Waals surface area (Å²) in [5.41, 5.74) is 1.24. The molecular formula is C13H14ClN3O. The molecule has 0 saturated carbocycles. The van der Waals surface area contributed by atoms with E-state index in [1.54, 1.807) is 22.9 Å². The van der Waals surface area contributed by atoms with Crippen LogP contribution in [-0.2, 0) is 12.8 Å². The van der Waals surface area contributed by atoms with E-state index in [1.165, 1.54) is 0 Å². The second kappa shape index (κ2) is 5.31. The molecule has 4 nitrogen and oxygen atoms in total. The fourth-order valence-electron chi connectivity index (χ4n) is 1.76. The maximum absolute atomic E-state index is 11.1. The average Bonchev–Trinajstić information content (AvgIpc) is 2.81. The van der Waals surface area contributed by atoms with Gasteiger partial charge in [0.15, 0.2) is 12.1 Å². The lowest BCUT2D eigenvalue weighted by Crippen LogP contribution is -2.05. The van der Waals surface area contributed by atoms with E-state index in [-0.39, 0.29) is 0 Å². The second-order valence-corrected chi connectivity index (χ2v) is 4.32. The van der Waals surface area contributed by atoms with Crippen molar-refractivity contribution in [3.8, 4) is 5.69 Å². The van der Waals surface area contributed by atoms with Crippen molar-refractivity contribution in [1.82, 2.24) is 14.8 Å². The van der Waals surface area contributed by atoms with E-state index >= 15 is 0 Å². The summed E-state index contributed by atoms with van der Waals surface area (Å²) in [5, 5.41) is 4.98. The molecule has 94 valence electrons. The first kappa shape index (κ1) is 12.8. The summed E-state index contributed by atoms with van der Waals surface area (Å²) in [6.45, 7) is 4.00. The Hall–Kier alpha value is -1.68. The SMILES string of the molecule is CCc1nc(CC)n(-c2cc(Cl)ccc2C=O)n1. The summed E-state index contributed by atoms with van der Waals surface area (Å²) < 4.78 is 1.70. The third-order valence-corrected chi connectivity index (χ3v) is 2.93. The van der Waals surface area contributed by atoms with Gasteiger partial charge >= 0.3 is 0 Å². The van der Waals surface area contributed by atoms with Gasteiger partial charge in [0.05, 0.1) is 5.69 Å². The van der Waals surface area contributed by atoms with Crippen molar-refractivity contribution < 1.29 is 4.79 Å². The van der Waals surface area contributed by atoms with Gasteiger partial charge in [0.25, 0.3) is 0 Å². The number of nitrogens with zero attached hydrogens (tertiary/aromatic N) is 3. The summed E-state index contributed by atoms with van der Waals surface area (Å²) in [5.74, 6) is 1.60. The molecule has 1 heterocycles. The molecule has 0 unspecified atom stereocenters. The van der Waals surface area contributed by atoms with Crippen molar-refractivity contribution in [3.05, 3.63) is 40.4 Å². The summed E-state index contributed by atoms with van der Waals surface area (Å²) in [7, 11) is 0. The Bertz CT molecular complexity index is 578. The molecule has 0 aliphatic rings. The van der Waals surface area contributed by atoms with Gasteiger partial charge in [-0.3, -0.25) is 4.79 Å². The summed E-state index contributed by atoms with van der Waals surface area (Å²) in [6.07, 6.45) is 2.31. The van der Waals surface area contributed by atoms with Gasteiger partial charge in [-0.2, -0.15) is 5.10 Å². The first-order valence-electron chi connectivity index (χ1n) is 5.89. The maximum Gasteiger partial charge on any atom is 0.152 e. The highest BCUT2D eigenvalue weighted by Crippen LogP contribution is 2.20. The number of carbonyl (C=O) groups excluding carboxylic acids is 1. The molecule has 0 fully saturated rings. The number of benzene rings is 1. The smallest absolute Gasteiger partial charge is 0.152 e. The van der Waals surface area contributed by atoms with Crippen LogP contribution >= 0.6 is 11.6 Å². The van der Waals surface area contributed by atoms with Gasteiger partial charge < -0.3 is 0 Å². The number of halogens is 1. The third-order valence-electron chi connectivity index (χ3n) is 2.70. The van der Waals surface area contributed by atoms with Gasteiger partial charge in [-0.25, -0.2) is 9.67 Å². The molecule has 0 atom stereocenters. The molecule has 5 heteroatoms. The van der Waals surface area contributed by atoms with Gasteiger partial charge in [0.1, 0.15) is 5.82 Å². The fourth-order valence-corrected chi connectivity index (χ4v) is 1.93. The number of rotatable bonds is 4. The topological polar surface area (TPSA) is 47.8 Å². The van der Waals surface area contributed by atoms with Crippen molar-refractivity contribution in [2.45, 2.75) is 26.7 Å². The molecule has 0 aliphatic heterocycles. The monoisotopic (exact) mass is 263 g/mol. The molecule has 1 aromatic carbocycles. The van der Waals surface area contributed by atoms with Crippen LogP contribution in [0.15, 0.2) is 18.2 Å². The zero-order valence-corrected chi connectivity index (χ0v) is 11.1. The Kier molecular flexibility index (Phi) is 3.77. The Morgan fingerprint density at radius 2 is 2.11 bits per heavy atom. The second-order valence-electron chi connectivity index (χ2n) is 3.88. The minimum atomic E-state index is 0.557. The van der Waals surface area contributed by atoms with Crippen LogP contribution in [0.1, 0.15) is 35.9 Å². The molecule has 0 bridgehead atoms. The van der Waals surface area contributed by atoms with Crippen LogP contribution in [0.2, 0.25) is 5.02 Å². The van der Waals surface area contributed by atoms with E-state index in [9.17, 15) is 4.79 Å². The summed E-state index contributed by atoms with van der Waals surface area (Å²) >= 11 is 5.98. The van der Waals surface area contributed by atoms with Crippen molar-refractivity contribution in [2.75, 3.05) is 0 Å². The zero-order chi connectivity index (χ0) is 13.1. The molecular weight excluding hydrogens is 250 g/mol. The van der Waals surface area contributed by atoms with E-state index in [0.29, 0.717) is 16.3 Å². The molecule has 0 spiro atoms. The molecule has 0 N–H and O–H groups in total. The minimum Gasteiger partial charge on any atom is -0.298 e. The Morgan fingerprint density at radius 1 is 1.33 bits per heavy atom. The van der Waals surface area contributed by atoms with Crippen molar-refractivity contribution in [1.29, 1.82) is 0 Å². The van der Waals surface area contributed by atoms with E-state index in [2.05, 4.69) is 10.1 Å². The molecule has 1 aromatic heterocycles. The molecule has 0 amide bonds. The number of hydrogen-bond donors (Lipinski definition) is 0. The molecule has 0 saturated heterocycles. The molecule has 0 aliphatic carbocycles. The Balaban J connectivity index is 2.63. The number of aryl methyl sites for hydroxylation is 2. The first-order valence-corrected chi connectivity index (χ1v) is 6.27. The number of aromatic nitrogens is 3. The van der Waals surface area contributed by atoms with Gasteiger partial charge in [-0.05, 0) is 18.2 Å². The van der Waals surface area contributed by atoms with Crippen LogP contribution in [0, 0.1) is 0 Å². The standard InChI is InChI=1S/C13H14ClN3O/c1-3-12-15-13(4-2)17(16-12)11-7-10(14)6-5-9(11)8-18/h5-8H,3-4H2,1-2H3. The lowest BCUT2D eigenvalue weighted by Gasteiger charge is -2.07. The van der Waals surface area contributed by atoms with Crippen molar-refractivity contribution in [3.63, 3.8) is 0 Å². The predicted octanol–water partition coefficient (Wildman–Crippen LogP) is 2.86. The molecule has 18 heavy (non-hydrogen) atoms. The highest BCUT2D eigenvalue weighted by molar-refractivity contribution is 6.30.